The summed E-state index contributed by atoms with van der Waals surface area (Å²) in [6, 6.07) is 16.1. The van der Waals surface area contributed by atoms with E-state index in [0.717, 1.165) is 5.46 Å². The van der Waals surface area contributed by atoms with Gasteiger partial charge in [0.15, 0.2) is 0 Å². The molecule has 1 saturated heterocycles. The molecule has 160 valence electrons. The van der Waals surface area contributed by atoms with Gasteiger partial charge in [-0.1, -0.05) is 81.7 Å². The average Bonchev–Trinajstić information content (AvgIpc) is 3.02. The van der Waals surface area contributed by atoms with Gasteiger partial charge in [-0.05, 0) is 55.4 Å². The summed E-state index contributed by atoms with van der Waals surface area (Å²) in [5.74, 6) is 0. The van der Waals surface area contributed by atoms with Gasteiger partial charge in [-0.2, -0.15) is 0 Å². The predicted molar refractivity (Wildman–Crippen MR) is 135 cm³/mol. The zero-order valence-electron chi connectivity index (χ0n) is 20.4. The third kappa shape index (κ3) is 2.82. The fourth-order valence-electron chi connectivity index (χ4n) is 6.16. The SMILES string of the molecule is CC1(C)OB(c2ccc3c(c2)C([Si](C)(C)C)([Si](C)(C)C)c2ccccc2-3)OC1(C)C. The van der Waals surface area contributed by atoms with Crippen LogP contribution in [-0.2, 0) is 14.0 Å². The highest BCUT2D eigenvalue weighted by Crippen LogP contribution is 2.57. The molecule has 0 radical (unpaired) electrons. The summed E-state index contributed by atoms with van der Waals surface area (Å²) >= 11 is 0. The molecule has 1 aliphatic carbocycles. The van der Waals surface area contributed by atoms with E-state index >= 15 is 0 Å². The first kappa shape index (κ1) is 22.1. The molecule has 0 unspecified atom stereocenters. The third-order valence-electron chi connectivity index (χ3n) is 7.84. The number of benzene rings is 2. The van der Waals surface area contributed by atoms with Crippen molar-refractivity contribution in [1.29, 1.82) is 0 Å². The summed E-state index contributed by atoms with van der Waals surface area (Å²) in [5.41, 5.74) is 6.43. The van der Waals surface area contributed by atoms with Crippen LogP contribution in [0.5, 0.6) is 0 Å². The second kappa shape index (κ2) is 6.44. The first-order valence-corrected chi connectivity index (χ1v) is 18.2. The highest BCUT2D eigenvalue weighted by molar-refractivity contribution is 6.99. The third-order valence-corrected chi connectivity index (χ3v) is 17.9. The molecule has 2 aromatic rings. The smallest absolute Gasteiger partial charge is 0.399 e. The largest absolute Gasteiger partial charge is 0.494 e. The van der Waals surface area contributed by atoms with Crippen molar-refractivity contribution in [1.82, 2.24) is 0 Å². The van der Waals surface area contributed by atoms with Gasteiger partial charge < -0.3 is 9.31 Å². The van der Waals surface area contributed by atoms with E-state index in [1.807, 2.05) is 0 Å². The van der Waals surface area contributed by atoms with Gasteiger partial charge in [0.2, 0.25) is 0 Å². The standard InChI is InChI=1S/C25H37BO2Si2/c1-23(2)24(3,4)28-26(27-23)18-15-16-20-19-13-11-12-14-21(19)25(22(20)17-18,29(5,6)7)30(8,9)10/h11-17H,1-10H3. The molecule has 0 spiro atoms. The Morgan fingerprint density at radius 2 is 1.17 bits per heavy atom. The van der Waals surface area contributed by atoms with E-state index in [2.05, 4.69) is 109 Å². The van der Waals surface area contributed by atoms with Gasteiger partial charge >= 0.3 is 7.12 Å². The first-order chi connectivity index (χ1) is 13.6. The van der Waals surface area contributed by atoms with Crippen LogP contribution in [0.2, 0.25) is 39.3 Å². The minimum atomic E-state index is -1.65. The molecule has 0 saturated carbocycles. The molecule has 0 atom stereocenters. The fraction of sp³-hybridized carbons (Fsp3) is 0.520. The lowest BCUT2D eigenvalue weighted by Gasteiger charge is -2.51. The van der Waals surface area contributed by atoms with Gasteiger partial charge in [-0.15, -0.1) is 0 Å². The van der Waals surface area contributed by atoms with Crippen LogP contribution in [0.25, 0.3) is 11.1 Å². The van der Waals surface area contributed by atoms with Crippen molar-refractivity contribution < 1.29 is 9.31 Å². The van der Waals surface area contributed by atoms with Crippen molar-refractivity contribution in [2.75, 3.05) is 0 Å². The maximum absolute atomic E-state index is 6.43. The quantitative estimate of drug-likeness (QED) is 0.549. The predicted octanol–water partition coefficient (Wildman–Crippen LogP) is 6.01. The summed E-state index contributed by atoms with van der Waals surface area (Å²) in [7, 11) is -3.62. The lowest BCUT2D eigenvalue weighted by molar-refractivity contribution is 0.00578. The normalized spacial score (nSPS) is 21.5. The summed E-state index contributed by atoms with van der Waals surface area (Å²) in [6.45, 7) is 23.8. The average molecular weight is 437 g/mol. The van der Waals surface area contributed by atoms with Gasteiger partial charge in [-0.25, -0.2) is 0 Å². The van der Waals surface area contributed by atoms with Gasteiger partial charge in [0.1, 0.15) is 0 Å². The summed E-state index contributed by atoms with van der Waals surface area (Å²) < 4.78 is 13.0. The molecule has 1 aliphatic heterocycles. The van der Waals surface area contributed by atoms with E-state index in [9.17, 15) is 0 Å². The van der Waals surface area contributed by atoms with Crippen LogP contribution in [0.1, 0.15) is 38.8 Å². The molecular weight excluding hydrogens is 399 g/mol. The Labute approximate surface area is 185 Å². The molecule has 4 rings (SSSR count). The van der Waals surface area contributed by atoms with Crippen molar-refractivity contribution >= 4 is 28.7 Å². The van der Waals surface area contributed by atoms with Crippen molar-refractivity contribution in [2.45, 2.75) is 82.8 Å². The molecular formula is C25H37BO2Si2. The van der Waals surface area contributed by atoms with E-state index in [1.54, 1.807) is 5.56 Å². The zero-order chi connectivity index (χ0) is 22.3. The Kier molecular flexibility index (Phi) is 4.74. The summed E-state index contributed by atoms with van der Waals surface area (Å²) in [4.78, 5) is 0. The number of fused-ring (bicyclic) bond motifs is 3. The fourth-order valence-corrected chi connectivity index (χ4v) is 19.2. The first-order valence-electron chi connectivity index (χ1n) is 11.2. The second-order valence-electron chi connectivity index (χ2n) is 12.2. The Bertz CT molecular complexity index is 969. The maximum Gasteiger partial charge on any atom is 0.494 e. The van der Waals surface area contributed by atoms with E-state index < -0.39 is 16.1 Å². The Hall–Kier alpha value is -1.14. The Morgan fingerprint density at radius 3 is 1.70 bits per heavy atom. The molecule has 30 heavy (non-hydrogen) atoms. The molecule has 1 heterocycles. The molecule has 0 bridgehead atoms. The summed E-state index contributed by atoms with van der Waals surface area (Å²) in [5, 5.41) is 0. The molecule has 5 heteroatoms. The van der Waals surface area contributed by atoms with Crippen molar-refractivity contribution in [3.05, 3.63) is 53.6 Å². The second-order valence-corrected chi connectivity index (χ2v) is 23.2. The van der Waals surface area contributed by atoms with Crippen LogP contribution >= 0.6 is 0 Å². The van der Waals surface area contributed by atoms with Gasteiger partial charge in [0, 0.05) is 4.66 Å². The molecule has 0 N–H and O–H groups in total. The number of hydrogen-bond donors (Lipinski definition) is 0. The van der Waals surface area contributed by atoms with Crippen LogP contribution in [0.4, 0.5) is 0 Å². The van der Waals surface area contributed by atoms with Gasteiger partial charge in [0.05, 0.1) is 27.3 Å². The van der Waals surface area contributed by atoms with Crippen LogP contribution in [-0.4, -0.2) is 34.5 Å². The van der Waals surface area contributed by atoms with Crippen LogP contribution in [0, 0.1) is 0 Å². The highest BCUT2D eigenvalue weighted by atomic mass is 28.4. The minimum Gasteiger partial charge on any atom is -0.399 e. The zero-order valence-corrected chi connectivity index (χ0v) is 22.4. The minimum absolute atomic E-state index is 0.158. The van der Waals surface area contributed by atoms with Crippen molar-refractivity contribution in [2.24, 2.45) is 0 Å². The monoisotopic (exact) mass is 436 g/mol. The molecule has 0 amide bonds. The topological polar surface area (TPSA) is 18.5 Å². The maximum atomic E-state index is 6.43. The van der Waals surface area contributed by atoms with E-state index in [0.29, 0.717) is 0 Å². The van der Waals surface area contributed by atoms with E-state index in [1.165, 1.54) is 16.7 Å². The number of hydrogen-bond acceptors (Lipinski definition) is 2. The van der Waals surface area contributed by atoms with E-state index in [-0.39, 0.29) is 23.0 Å². The van der Waals surface area contributed by atoms with Gasteiger partial charge in [0.25, 0.3) is 0 Å². The van der Waals surface area contributed by atoms with Crippen molar-refractivity contribution in [3.63, 3.8) is 0 Å². The molecule has 0 aromatic heterocycles. The Morgan fingerprint density at radius 1 is 0.667 bits per heavy atom. The van der Waals surface area contributed by atoms with Crippen LogP contribution in [0.3, 0.4) is 0 Å². The Balaban J connectivity index is 1.97. The summed E-state index contributed by atoms with van der Waals surface area (Å²) in [6.07, 6.45) is 0. The molecule has 1 fully saturated rings. The number of rotatable bonds is 3. The lowest BCUT2D eigenvalue weighted by atomic mass is 9.77. The van der Waals surface area contributed by atoms with Gasteiger partial charge in [-0.3, -0.25) is 0 Å². The lowest BCUT2D eigenvalue weighted by Crippen LogP contribution is -2.63. The van der Waals surface area contributed by atoms with Crippen molar-refractivity contribution in [3.8, 4) is 11.1 Å². The molecule has 2 aromatic carbocycles. The molecule has 2 nitrogen and oxygen atoms in total. The molecule has 2 aliphatic rings. The highest BCUT2D eigenvalue weighted by Gasteiger charge is 2.59. The van der Waals surface area contributed by atoms with Crippen LogP contribution < -0.4 is 5.46 Å². The van der Waals surface area contributed by atoms with E-state index in [4.69, 9.17) is 9.31 Å². The van der Waals surface area contributed by atoms with Crippen LogP contribution in [0.15, 0.2) is 42.5 Å².